The predicted molar refractivity (Wildman–Crippen MR) is 111 cm³/mol. The molecule has 5 heteroatoms. The Hall–Kier alpha value is -3.47. The number of carbonyl (C=O) groups excluding carboxylic acids is 2. The lowest BCUT2D eigenvalue weighted by Crippen LogP contribution is -2.27. The van der Waals surface area contributed by atoms with E-state index < -0.39 is 0 Å². The molecule has 0 aliphatic heterocycles. The standard InChI is InChI=1S/C23H23N3O2/c1-16-7-6-10-20(17(16)2)26-22(27)19-12-14-24-21(15-19)23(28)25-13-11-18-8-4-3-5-9-18/h3-10,12,14-15H,11,13H2,1-2H3,(H,25,28)(H,26,27). The van der Waals surface area contributed by atoms with E-state index in [0.717, 1.165) is 28.8 Å². The third kappa shape index (κ3) is 4.82. The first-order valence-corrected chi connectivity index (χ1v) is 9.20. The summed E-state index contributed by atoms with van der Waals surface area (Å²) in [6, 6.07) is 18.8. The number of hydrogen-bond acceptors (Lipinski definition) is 3. The van der Waals surface area contributed by atoms with Crippen LogP contribution < -0.4 is 10.6 Å². The maximum Gasteiger partial charge on any atom is 0.269 e. The number of rotatable bonds is 6. The quantitative estimate of drug-likeness (QED) is 0.688. The van der Waals surface area contributed by atoms with Crippen LogP contribution in [0.5, 0.6) is 0 Å². The van der Waals surface area contributed by atoms with Crippen molar-refractivity contribution in [3.8, 4) is 0 Å². The normalized spacial score (nSPS) is 10.4. The molecule has 0 spiro atoms. The van der Waals surface area contributed by atoms with Gasteiger partial charge in [0, 0.05) is 24.0 Å². The zero-order chi connectivity index (χ0) is 19.9. The minimum Gasteiger partial charge on any atom is -0.350 e. The van der Waals surface area contributed by atoms with Gasteiger partial charge in [0.05, 0.1) is 0 Å². The number of benzene rings is 2. The molecule has 0 fully saturated rings. The van der Waals surface area contributed by atoms with Crippen LogP contribution in [0, 0.1) is 13.8 Å². The molecule has 142 valence electrons. The summed E-state index contributed by atoms with van der Waals surface area (Å²) in [5.41, 5.74) is 4.65. The SMILES string of the molecule is Cc1cccc(NC(=O)c2ccnc(C(=O)NCCc3ccccc3)c2)c1C. The fraction of sp³-hybridized carbons (Fsp3) is 0.174. The van der Waals surface area contributed by atoms with E-state index in [9.17, 15) is 9.59 Å². The van der Waals surface area contributed by atoms with Crippen molar-refractivity contribution in [1.82, 2.24) is 10.3 Å². The van der Waals surface area contributed by atoms with E-state index in [0.29, 0.717) is 12.1 Å². The Kier molecular flexibility index (Phi) is 6.17. The maximum absolute atomic E-state index is 12.6. The fourth-order valence-corrected chi connectivity index (χ4v) is 2.83. The predicted octanol–water partition coefficient (Wildman–Crippen LogP) is 3.92. The van der Waals surface area contributed by atoms with Crippen molar-refractivity contribution in [2.75, 3.05) is 11.9 Å². The van der Waals surface area contributed by atoms with Gasteiger partial charge in [-0.15, -0.1) is 0 Å². The second-order valence-corrected chi connectivity index (χ2v) is 6.62. The first-order valence-electron chi connectivity index (χ1n) is 9.20. The van der Waals surface area contributed by atoms with Crippen molar-refractivity contribution in [3.05, 3.63) is 94.8 Å². The average molecular weight is 373 g/mol. The Bertz CT molecular complexity index is 984. The van der Waals surface area contributed by atoms with Gasteiger partial charge in [-0.1, -0.05) is 42.5 Å². The van der Waals surface area contributed by atoms with Gasteiger partial charge in [0.25, 0.3) is 11.8 Å². The van der Waals surface area contributed by atoms with Crippen LogP contribution in [-0.2, 0) is 6.42 Å². The Morgan fingerprint density at radius 1 is 0.929 bits per heavy atom. The number of amides is 2. The molecule has 0 atom stereocenters. The van der Waals surface area contributed by atoms with Gasteiger partial charge >= 0.3 is 0 Å². The summed E-state index contributed by atoms with van der Waals surface area (Å²) < 4.78 is 0. The van der Waals surface area contributed by atoms with E-state index in [1.54, 1.807) is 6.07 Å². The number of nitrogens with one attached hydrogen (secondary N) is 2. The largest absolute Gasteiger partial charge is 0.350 e. The zero-order valence-corrected chi connectivity index (χ0v) is 16.0. The molecule has 3 aromatic rings. The van der Waals surface area contributed by atoms with Gasteiger partial charge in [0.2, 0.25) is 0 Å². The zero-order valence-electron chi connectivity index (χ0n) is 16.0. The van der Waals surface area contributed by atoms with Crippen molar-refractivity contribution in [2.24, 2.45) is 0 Å². The molecule has 0 saturated carbocycles. The summed E-state index contributed by atoms with van der Waals surface area (Å²) >= 11 is 0. The monoisotopic (exact) mass is 373 g/mol. The van der Waals surface area contributed by atoms with Gasteiger partial charge in [-0.3, -0.25) is 14.6 Å². The average Bonchev–Trinajstić information content (AvgIpc) is 2.72. The van der Waals surface area contributed by atoms with Crippen LogP contribution in [0.4, 0.5) is 5.69 Å². The van der Waals surface area contributed by atoms with Crippen molar-refractivity contribution >= 4 is 17.5 Å². The number of hydrogen-bond donors (Lipinski definition) is 2. The molecule has 28 heavy (non-hydrogen) atoms. The molecule has 2 aromatic carbocycles. The molecule has 3 rings (SSSR count). The highest BCUT2D eigenvalue weighted by atomic mass is 16.2. The van der Waals surface area contributed by atoms with Crippen LogP contribution in [0.25, 0.3) is 0 Å². The topological polar surface area (TPSA) is 71.1 Å². The highest BCUT2D eigenvalue weighted by molar-refractivity contribution is 6.06. The number of aryl methyl sites for hydroxylation is 1. The smallest absolute Gasteiger partial charge is 0.269 e. The minimum absolute atomic E-state index is 0.224. The third-order valence-electron chi connectivity index (χ3n) is 4.65. The molecule has 0 aliphatic rings. The lowest BCUT2D eigenvalue weighted by Gasteiger charge is -2.11. The van der Waals surface area contributed by atoms with Gasteiger partial charge in [-0.05, 0) is 55.2 Å². The summed E-state index contributed by atoms with van der Waals surface area (Å²) in [6.45, 7) is 4.46. The maximum atomic E-state index is 12.6. The molecule has 0 radical (unpaired) electrons. The number of nitrogens with zero attached hydrogens (tertiary/aromatic N) is 1. The van der Waals surface area contributed by atoms with Crippen LogP contribution in [0.15, 0.2) is 66.9 Å². The van der Waals surface area contributed by atoms with E-state index in [4.69, 9.17) is 0 Å². The van der Waals surface area contributed by atoms with Crippen LogP contribution in [0.2, 0.25) is 0 Å². The molecular weight excluding hydrogens is 350 g/mol. The van der Waals surface area contributed by atoms with Gasteiger partial charge in [0.1, 0.15) is 5.69 Å². The number of aromatic nitrogens is 1. The highest BCUT2D eigenvalue weighted by Gasteiger charge is 2.13. The van der Waals surface area contributed by atoms with Crippen LogP contribution >= 0.6 is 0 Å². The first-order chi connectivity index (χ1) is 13.5. The molecule has 5 nitrogen and oxygen atoms in total. The van der Waals surface area contributed by atoms with Crippen LogP contribution in [0.1, 0.15) is 37.5 Å². The molecule has 0 saturated heterocycles. The molecule has 1 heterocycles. The van der Waals surface area contributed by atoms with Crippen molar-refractivity contribution in [3.63, 3.8) is 0 Å². The van der Waals surface area contributed by atoms with Gasteiger partial charge in [-0.25, -0.2) is 0 Å². The molecule has 0 unspecified atom stereocenters. The summed E-state index contributed by atoms with van der Waals surface area (Å²) in [7, 11) is 0. The minimum atomic E-state index is -0.294. The Morgan fingerprint density at radius 3 is 2.50 bits per heavy atom. The fourth-order valence-electron chi connectivity index (χ4n) is 2.83. The van der Waals surface area contributed by atoms with Crippen LogP contribution in [0.3, 0.4) is 0 Å². The van der Waals surface area contributed by atoms with E-state index in [1.807, 2.05) is 62.4 Å². The van der Waals surface area contributed by atoms with Gasteiger partial charge < -0.3 is 10.6 Å². The second-order valence-electron chi connectivity index (χ2n) is 6.62. The third-order valence-corrected chi connectivity index (χ3v) is 4.65. The highest BCUT2D eigenvalue weighted by Crippen LogP contribution is 2.19. The van der Waals surface area contributed by atoms with E-state index in [-0.39, 0.29) is 17.5 Å². The van der Waals surface area contributed by atoms with Gasteiger partial charge in [0.15, 0.2) is 0 Å². The Morgan fingerprint density at radius 2 is 1.71 bits per heavy atom. The van der Waals surface area contributed by atoms with Gasteiger partial charge in [-0.2, -0.15) is 0 Å². The van der Waals surface area contributed by atoms with Crippen molar-refractivity contribution in [2.45, 2.75) is 20.3 Å². The summed E-state index contributed by atoms with van der Waals surface area (Å²) in [6.07, 6.45) is 2.21. The van der Waals surface area contributed by atoms with Crippen molar-refractivity contribution in [1.29, 1.82) is 0 Å². The van der Waals surface area contributed by atoms with Crippen molar-refractivity contribution < 1.29 is 9.59 Å². The number of carbonyl (C=O) groups is 2. The second kappa shape index (κ2) is 8.95. The summed E-state index contributed by atoms with van der Waals surface area (Å²) in [4.78, 5) is 29.0. The molecule has 0 bridgehead atoms. The summed E-state index contributed by atoms with van der Waals surface area (Å²) in [5, 5.41) is 5.75. The number of pyridine rings is 1. The van der Waals surface area contributed by atoms with E-state index >= 15 is 0 Å². The molecule has 0 aliphatic carbocycles. The van der Waals surface area contributed by atoms with E-state index in [2.05, 4.69) is 15.6 Å². The Labute approximate surface area is 164 Å². The number of anilines is 1. The Balaban J connectivity index is 1.63. The van der Waals surface area contributed by atoms with E-state index in [1.165, 1.54) is 12.3 Å². The molecular formula is C23H23N3O2. The lowest BCUT2D eigenvalue weighted by atomic mass is 10.1. The first kappa shape index (κ1) is 19.3. The molecule has 1 aromatic heterocycles. The lowest BCUT2D eigenvalue weighted by molar-refractivity contribution is 0.0949. The summed E-state index contributed by atoms with van der Waals surface area (Å²) in [5.74, 6) is -0.563. The molecule has 2 N–H and O–H groups in total. The molecule has 2 amide bonds. The van der Waals surface area contributed by atoms with Crippen LogP contribution in [-0.4, -0.2) is 23.3 Å².